The first-order valence-corrected chi connectivity index (χ1v) is 8.75. The van der Waals surface area contributed by atoms with E-state index in [2.05, 4.69) is 25.3 Å². The molecule has 0 bridgehead atoms. The molecule has 0 aliphatic heterocycles. The second kappa shape index (κ2) is 7.19. The molecule has 144 valence electrons. The van der Waals surface area contributed by atoms with Crippen LogP contribution in [0.25, 0.3) is 22.4 Å². The van der Waals surface area contributed by atoms with Gasteiger partial charge in [-0.1, -0.05) is 20.8 Å². The van der Waals surface area contributed by atoms with Crippen molar-refractivity contribution in [3.8, 4) is 11.4 Å². The summed E-state index contributed by atoms with van der Waals surface area (Å²) in [6, 6.07) is 1.12. The number of hydrogen-bond acceptors (Lipinski definition) is 5. The van der Waals surface area contributed by atoms with Crippen molar-refractivity contribution in [2.24, 2.45) is 5.41 Å². The minimum atomic E-state index is -0.595. The number of nitrogens with one attached hydrogen (secondary N) is 2. The SMILES string of the molecule is CC(O)C[C@@H](Nc1nc(-c2c[nH]c3ncc(F)cc23)ncc1F)C(C)(C)C. The normalized spacial score (nSPS) is 14.3. The monoisotopic (exact) mass is 375 g/mol. The third-order valence-electron chi connectivity index (χ3n) is 4.42. The van der Waals surface area contributed by atoms with E-state index in [-0.39, 0.29) is 23.1 Å². The molecule has 0 amide bonds. The molecule has 3 aromatic rings. The zero-order valence-corrected chi connectivity index (χ0v) is 15.7. The van der Waals surface area contributed by atoms with Crippen molar-refractivity contribution in [3.05, 3.63) is 36.3 Å². The maximum Gasteiger partial charge on any atom is 0.183 e. The van der Waals surface area contributed by atoms with Crippen molar-refractivity contribution in [2.75, 3.05) is 5.32 Å². The van der Waals surface area contributed by atoms with Crippen molar-refractivity contribution >= 4 is 16.9 Å². The molecule has 3 rings (SSSR count). The van der Waals surface area contributed by atoms with Gasteiger partial charge in [0.2, 0.25) is 0 Å². The van der Waals surface area contributed by atoms with E-state index in [0.717, 1.165) is 12.4 Å². The van der Waals surface area contributed by atoms with Gasteiger partial charge in [0.05, 0.1) is 18.5 Å². The minimum absolute atomic E-state index is 0.0410. The van der Waals surface area contributed by atoms with Gasteiger partial charge in [-0.25, -0.2) is 23.7 Å². The lowest BCUT2D eigenvalue weighted by Gasteiger charge is -2.33. The molecule has 2 atom stereocenters. The summed E-state index contributed by atoms with van der Waals surface area (Å²) in [5.41, 5.74) is 0.793. The van der Waals surface area contributed by atoms with E-state index in [1.807, 2.05) is 20.8 Å². The molecule has 0 saturated heterocycles. The number of H-pyrrole nitrogens is 1. The van der Waals surface area contributed by atoms with Crippen LogP contribution in [0.15, 0.2) is 24.7 Å². The predicted octanol–water partition coefficient (Wildman–Crippen LogP) is 3.90. The highest BCUT2D eigenvalue weighted by molar-refractivity contribution is 5.91. The average molecular weight is 375 g/mol. The molecule has 3 aromatic heterocycles. The summed E-state index contributed by atoms with van der Waals surface area (Å²) in [4.78, 5) is 15.3. The number of halogens is 2. The molecule has 0 radical (unpaired) electrons. The molecule has 3 N–H and O–H groups in total. The predicted molar refractivity (Wildman–Crippen MR) is 100 cm³/mol. The van der Waals surface area contributed by atoms with Gasteiger partial charge in [0.1, 0.15) is 11.5 Å². The minimum Gasteiger partial charge on any atom is -0.393 e. The Morgan fingerprint density at radius 1 is 1.22 bits per heavy atom. The molecule has 0 saturated carbocycles. The number of hydrogen-bond donors (Lipinski definition) is 3. The van der Waals surface area contributed by atoms with E-state index in [4.69, 9.17) is 0 Å². The summed E-state index contributed by atoms with van der Waals surface area (Å²) in [6.07, 6.45) is 3.70. The lowest BCUT2D eigenvalue weighted by Crippen LogP contribution is -2.37. The second-order valence-electron chi connectivity index (χ2n) is 7.79. The zero-order valence-electron chi connectivity index (χ0n) is 15.7. The topological polar surface area (TPSA) is 86.7 Å². The summed E-state index contributed by atoms with van der Waals surface area (Å²) in [7, 11) is 0. The Balaban J connectivity index is 1.99. The first-order chi connectivity index (χ1) is 12.6. The summed E-state index contributed by atoms with van der Waals surface area (Å²) in [5.74, 6) is -0.780. The Morgan fingerprint density at radius 3 is 2.63 bits per heavy atom. The maximum absolute atomic E-state index is 14.3. The fourth-order valence-electron chi connectivity index (χ4n) is 2.90. The van der Waals surface area contributed by atoms with Crippen LogP contribution in [0.4, 0.5) is 14.6 Å². The molecule has 3 heterocycles. The van der Waals surface area contributed by atoms with E-state index < -0.39 is 17.7 Å². The van der Waals surface area contributed by atoms with Gasteiger partial charge in [0.15, 0.2) is 17.5 Å². The Labute approximate surface area is 156 Å². The number of aromatic amines is 1. The third-order valence-corrected chi connectivity index (χ3v) is 4.42. The van der Waals surface area contributed by atoms with Crippen LogP contribution in [0, 0.1) is 17.0 Å². The highest BCUT2D eigenvalue weighted by Gasteiger charge is 2.27. The number of fused-ring (bicyclic) bond motifs is 1. The fourth-order valence-corrected chi connectivity index (χ4v) is 2.90. The van der Waals surface area contributed by atoms with Gasteiger partial charge in [-0.05, 0) is 24.8 Å². The number of aromatic nitrogens is 4. The van der Waals surface area contributed by atoms with Crippen LogP contribution in [0.5, 0.6) is 0 Å². The van der Waals surface area contributed by atoms with Crippen LogP contribution in [0.2, 0.25) is 0 Å². The van der Waals surface area contributed by atoms with Crippen LogP contribution in [0.3, 0.4) is 0 Å². The molecule has 6 nitrogen and oxygen atoms in total. The fraction of sp³-hybridized carbons (Fsp3) is 0.421. The number of aliphatic hydroxyl groups excluding tert-OH is 1. The number of nitrogens with zero attached hydrogens (tertiary/aromatic N) is 3. The van der Waals surface area contributed by atoms with Crippen LogP contribution < -0.4 is 5.32 Å². The molecule has 0 aromatic carbocycles. The maximum atomic E-state index is 14.3. The first kappa shape index (κ1) is 19.2. The standard InChI is InChI=1S/C19H23F2N5O/c1-10(27)5-15(19(2,3)4)25-18-14(21)9-24-17(26-18)13-8-23-16-12(13)6-11(20)7-22-16/h6-10,15,27H,5H2,1-4H3,(H,22,23)(H,24,25,26)/t10?,15-/m1/s1. The van der Waals surface area contributed by atoms with Crippen molar-refractivity contribution < 1.29 is 13.9 Å². The lowest BCUT2D eigenvalue weighted by molar-refractivity contribution is 0.153. The van der Waals surface area contributed by atoms with Crippen LogP contribution in [-0.2, 0) is 0 Å². The van der Waals surface area contributed by atoms with Gasteiger partial charge in [-0.3, -0.25) is 0 Å². The summed E-state index contributed by atoms with van der Waals surface area (Å²) < 4.78 is 27.9. The van der Waals surface area contributed by atoms with Crippen LogP contribution >= 0.6 is 0 Å². The molecule has 1 unspecified atom stereocenters. The number of rotatable bonds is 5. The van der Waals surface area contributed by atoms with Gasteiger partial charge < -0.3 is 15.4 Å². The molecule has 27 heavy (non-hydrogen) atoms. The average Bonchev–Trinajstić information content (AvgIpc) is 2.98. The third kappa shape index (κ3) is 4.21. The van der Waals surface area contributed by atoms with Gasteiger partial charge in [0, 0.05) is 23.2 Å². The Morgan fingerprint density at radius 2 is 1.96 bits per heavy atom. The van der Waals surface area contributed by atoms with Crippen molar-refractivity contribution in [3.63, 3.8) is 0 Å². The van der Waals surface area contributed by atoms with Crippen LogP contribution in [0.1, 0.15) is 34.1 Å². The molecular formula is C19H23F2N5O. The number of pyridine rings is 1. The quantitative estimate of drug-likeness (QED) is 0.630. The Bertz CT molecular complexity index is 949. The van der Waals surface area contributed by atoms with Gasteiger partial charge in [-0.15, -0.1) is 0 Å². The van der Waals surface area contributed by atoms with E-state index >= 15 is 0 Å². The molecule has 0 fully saturated rings. The molecular weight excluding hydrogens is 352 g/mol. The smallest absolute Gasteiger partial charge is 0.183 e. The molecule has 0 aliphatic rings. The second-order valence-corrected chi connectivity index (χ2v) is 7.79. The lowest BCUT2D eigenvalue weighted by atomic mass is 9.83. The zero-order chi connectivity index (χ0) is 19.8. The van der Waals surface area contributed by atoms with Crippen molar-refractivity contribution in [1.82, 2.24) is 19.9 Å². The van der Waals surface area contributed by atoms with E-state index in [0.29, 0.717) is 23.0 Å². The van der Waals surface area contributed by atoms with Crippen molar-refractivity contribution in [2.45, 2.75) is 46.3 Å². The molecule has 0 aliphatic carbocycles. The Hall–Kier alpha value is -2.61. The summed E-state index contributed by atoms with van der Waals surface area (Å²) >= 11 is 0. The molecule has 8 heteroatoms. The Kier molecular flexibility index (Phi) is 5.10. The van der Waals surface area contributed by atoms with E-state index in [9.17, 15) is 13.9 Å². The summed E-state index contributed by atoms with van der Waals surface area (Å²) in [6.45, 7) is 7.69. The van der Waals surface area contributed by atoms with Crippen molar-refractivity contribution in [1.29, 1.82) is 0 Å². The number of aliphatic hydroxyl groups is 1. The van der Waals surface area contributed by atoms with Crippen LogP contribution in [-0.4, -0.2) is 37.2 Å². The van der Waals surface area contributed by atoms with E-state index in [1.165, 1.54) is 6.07 Å². The number of anilines is 1. The largest absolute Gasteiger partial charge is 0.393 e. The molecule has 0 spiro atoms. The van der Waals surface area contributed by atoms with Gasteiger partial charge in [0.25, 0.3) is 0 Å². The highest BCUT2D eigenvalue weighted by Crippen LogP contribution is 2.30. The summed E-state index contributed by atoms with van der Waals surface area (Å²) in [5, 5.41) is 13.4. The van der Waals surface area contributed by atoms with E-state index in [1.54, 1.807) is 13.1 Å². The van der Waals surface area contributed by atoms with Gasteiger partial charge in [-0.2, -0.15) is 0 Å². The highest BCUT2D eigenvalue weighted by atomic mass is 19.1. The van der Waals surface area contributed by atoms with Gasteiger partial charge >= 0.3 is 0 Å². The first-order valence-electron chi connectivity index (χ1n) is 8.75.